The highest BCUT2D eigenvalue weighted by molar-refractivity contribution is 6.31. The van der Waals surface area contributed by atoms with E-state index >= 15 is 0 Å². The first kappa shape index (κ1) is 20.2. The Morgan fingerprint density at radius 2 is 2.07 bits per heavy atom. The van der Waals surface area contributed by atoms with Crippen molar-refractivity contribution < 1.29 is 14.3 Å². The van der Waals surface area contributed by atoms with Gasteiger partial charge < -0.3 is 19.4 Å². The lowest BCUT2D eigenvalue weighted by Gasteiger charge is -2.16. The summed E-state index contributed by atoms with van der Waals surface area (Å²) in [6.45, 7) is 4.94. The average molecular weight is 402 g/mol. The van der Waals surface area contributed by atoms with E-state index in [1.54, 1.807) is 0 Å². The molecule has 0 spiro atoms. The van der Waals surface area contributed by atoms with Gasteiger partial charge in [0.25, 0.3) is 0 Å². The van der Waals surface area contributed by atoms with Crippen molar-refractivity contribution in [3.8, 4) is 5.75 Å². The molecule has 2 aromatic carbocycles. The fourth-order valence-corrected chi connectivity index (χ4v) is 3.22. The Labute approximate surface area is 169 Å². The molecule has 3 aromatic rings. The van der Waals surface area contributed by atoms with Crippen LogP contribution in [0.4, 0.5) is 0 Å². The van der Waals surface area contributed by atoms with Crippen LogP contribution in [0.25, 0.3) is 11.0 Å². The zero-order valence-electron chi connectivity index (χ0n) is 16.2. The summed E-state index contributed by atoms with van der Waals surface area (Å²) in [5.74, 6) is 1.37. The number of rotatable bonds is 8. The Kier molecular flexibility index (Phi) is 6.54. The van der Waals surface area contributed by atoms with Crippen molar-refractivity contribution in [2.24, 2.45) is 0 Å². The Bertz CT molecular complexity index is 971. The van der Waals surface area contributed by atoms with Crippen molar-refractivity contribution in [3.05, 3.63) is 58.9 Å². The topological polar surface area (TPSA) is 65.4 Å². The van der Waals surface area contributed by atoms with Crippen LogP contribution in [0.15, 0.2) is 42.5 Å². The summed E-state index contributed by atoms with van der Waals surface area (Å²) >= 11 is 6.07. The molecule has 1 amide bonds. The zero-order valence-corrected chi connectivity index (χ0v) is 17.0. The maximum atomic E-state index is 11.9. The van der Waals surface area contributed by atoms with Gasteiger partial charge in [-0.25, -0.2) is 4.98 Å². The van der Waals surface area contributed by atoms with E-state index in [4.69, 9.17) is 26.1 Å². The fraction of sp³-hybridized carbons (Fsp3) is 0.333. The number of para-hydroxylation sites is 2. The fourth-order valence-electron chi connectivity index (χ4n) is 3.10. The summed E-state index contributed by atoms with van der Waals surface area (Å²) in [6, 6.07) is 13.3. The van der Waals surface area contributed by atoms with E-state index in [9.17, 15) is 4.79 Å². The van der Waals surface area contributed by atoms with Crippen LogP contribution in [0.1, 0.15) is 24.4 Å². The van der Waals surface area contributed by atoms with E-state index < -0.39 is 0 Å². The minimum Gasteiger partial charge on any atom is -0.492 e. The second kappa shape index (κ2) is 9.08. The van der Waals surface area contributed by atoms with Gasteiger partial charge in [-0.15, -0.1) is 0 Å². The normalized spacial score (nSPS) is 12.1. The molecule has 0 aliphatic heterocycles. The number of hydrogen-bond acceptors (Lipinski definition) is 4. The lowest BCUT2D eigenvalue weighted by molar-refractivity contribution is -0.125. The van der Waals surface area contributed by atoms with Gasteiger partial charge in [0.05, 0.1) is 23.6 Å². The van der Waals surface area contributed by atoms with Gasteiger partial charge in [-0.2, -0.15) is 0 Å². The van der Waals surface area contributed by atoms with Gasteiger partial charge in [-0.05, 0) is 49.7 Å². The number of benzene rings is 2. The summed E-state index contributed by atoms with van der Waals surface area (Å²) in [5, 5.41) is 3.64. The first-order valence-corrected chi connectivity index (χ1v) is 9.50. The molecular weight excluding hydrogens is 378 g/mol. The van der Waals surface area contributed by atoms with Gasteiger partial charge in [-0.3, -0.25) is 4.79 Å². The molecule has 1 unspecified atom stereocenters. The number of nitrogens with one attached hydrogen (secondary N) is 1. The summed E-state index contributed by atoms with van der Waals surface area (Å²) in [5.41, 5.74) is 2.86. The Morgan fingerprint density at radius 1 is 1.29 bits per heavy atom. The van der Waals surface area contributed by atoms with E-state index in [0.717, 1.165) is 33.2 Å². The molecular formula is C21H24ClN3O3. The quantitative estimate of drug-likeness (QED) is 0.621. The van der Waals surface area contributed by atoms with Crippen LogP contribution in [-0.4, -0.2) is 35.8 Å². The molecule has 28 heavy (non-hydrogen) atoms. The molecule has 1 heterocycles. The first-order chi connectivity index (χ1) is 13.5. The first-order valence-electron chi connectivity index (χ1n) is 9.12. The van der Waals surface area contributed by atoms with Crippen LogP contribution >= 0.6 is 11.6 Å². The van der Waals surface area contributed by atoms with Crippen LogP contribution in [0.3, 0.4) is 0 Å². The van der Waals surface area contributed by atoms with E-state index in [-0.39, 0.29) is 18.6 Å². The van der Waals surface area contributed by atoms with E-state index in [1.165, 1.54) is 7.11 Å². The Hall–Kier alpha value is -2.57. The number of methoxy groups -OCH3 is 1. The predicted molar refractivity (Wildman–Crippen MR) is 110 cm³/mol. The van der Waals surface area contributed by atoms with Crippen molar-refractivity contribution in [2.75, 3.05) is 20.3 Å². The Morgan fingerprint density at radius 3 is 2.82 bits per heavy atom. The zero-order chi connectivity index (χ0) is 20.1. The SMILES string of the molecule is COCC(=O)NC(C)c1nc2ccccc2n1CCOc1ccc(Cl)c(C)c1. The molecule has 0 saturated carbocycles. The molecule has 1 N–H and O–H groups in total. The van der Waals surface area contributed by atoms with Gasteiger partial charge in [-0.1, -0.05) is 23.7 Å². The van der Waals surface area contributed by atoms with Crippen LogP contribution in [0, 0.1) is 6.92 Å². The number of halogens is 1. The van der Waals surface area contributed by atoms with Crippen LogP contribution in [-0.2, 0) is 16.1 Å². The number of ether oxygens (including phenoxy) is 2. The molecule has 0 aliphatic rings. The third kappa shape index (κ3) is 4.64. The maximum absolute atomic E-state index is 11.9. The number of hydrogen-bond donors (Lipinski definition) is 1. The largest absolute Gasteiger partial charge is 0.492 e. The summed E-state index contributed by atoms with van der Waals surface area (Å²) < 4.78 is 12.9. The second-order valence-corrected chi connectivity index (χ2v) is 7.00. The highest BCUT2D eigenvalue weighted by atomic mass is 35.5. The van der Waals surface area contributed by atoms with Crippen molar-refractivity contribution in [3.63, 3.8) is 0 Å². The van der Waals surface area contributed by atoms with Crippen molar-refractivity contribution in [1.29, 1.82) is 0 Å². The number of amides is 1. The number of carbonyl (C=O) groups excluding carboxylic acids is 1. The highest BCUT2D eigenvalue weighted by Gasteiger charge is 2.18. The molecule has 7 heteroatoms. The standard InChI is InChI=1S/C21H24ClN3O3/c1-14-12-16(8-9-17(14)22)28-11-10-25-19-7-5-4-6-18(19)24-21(25)15(2)23-20(26)13-27-3/h4-9,12,15H,10-11,13H2,1-3H3,(H,23,26). The number of nitrogens with zero attached hydrogens (tertiary/aromatic N) is 2. The third-order valence-electron chi connectivity index (χ3n) is 4.44. The molecule has 0 radical (unpaired) electrons. The predicted octanol–water partition coefficient (Wildman–Crippen LogP) is 3.90. The lowest BCUT2D eigenvalue weighted by atomic mass is 10.2. The van der Waals surface area contributed by atoms with Crippen LogP contribution < -0.4 is 10.1 Å². The number of aryl methyl sites for hydroxylation is 1. The molecule has 6 nitrogen and oxygen atoms in total. The van der Waals surface area contributed by atoms with Crippen molar-refractivity contribution in [2.45, 2.75) is 26.4 Å². The minimum absolute atomic E-state index is 0.0175. The van der Waals surface area contributed by atoms with Crippen molar-refractivity contribution in [1.82, 2.24) is 14.9 Å². The molecule has 0 bridgehead atoms. The van der Waals surface area contributed by atoms with E-state index in [1.807, 2.05) is 56.3 Å². The van der Waals surface area contributed by atoms with Crippen LogP contribution in [0.2, 0.25) is 5.02 Å². The number of carbonyl (C=O) groups is 1. The number of fused-ring (bicyclic) bond motifs is 1. The average Bonchev–Trinajstić information content (AvgIpc) is 3.04. The number of imidazole rings is 1. The van der Waals surface area contributed by atoms with Gasteiger partial charge in [0, 0.05) is 12.1 Å². The molecule has 0 aliphatic carbocycles. The van der Waals surface area contributed by atoms with E-state index in [2.05, 4.69) is 9.88 Å². The Balaban J connectivity index is 1.78. The van der Waals surface area contributed by atoms with Gasteiger partial charge in [0.1, 0.15) is 24.8 Å². The molecule has 1 aromatic heterocycles. The van der Waals surface area contributed by atoms with Crippen molar-refractivity contribution >= 4 is 28.5 Å². The summed E-state index contributed by atoms with van der Waals surface area (Å²) in [4.78, 5) is 16.6. The molecule has 148 valence electrons. The van der Waals surface area contributed by atoms with Gasteiger partial charge >= 0.3 is 0 Å². The second-order valence-electron chi connectivity index (χ2n) is 6.59. The van der Waals surface area contributed by atoms with E-state index in [0.29, 0.717) is 13.2 Å². The molecule has 0 saturated heterocycles. The monoisotopic (exact) mass is 401 g/mol. The van der Waals surface area contributed by atoms with Gasteiger partial charge in [0.2, 0.25) is 5.91 Å². The minimum atomic E-state index is -0.257. The number of aromatic nitrogens is 2. The molecule has 1 atom stereocenters. The smallest absolute Gasteiger partial charge is 0.246 e. The summed E-state index contributed by atoms with van der Waals surface area (Å²) in [7, 11) is 1.50. The lowest BCUT2D eigenvalue weighted by Crippen LogP contribution is -2.31. The summed E-state index contributed by atoms with van der Waals surface area (Å²) in [6.07, 6.45) is 0. The molecule has 3 rings (SSSR count). The van der Waals surface area contributed by atoms with Gasteiger partial charge in [0.15, 0.2) is 0 Å². The highest BCUT2D eigenvalue weighted by Crippen LogP contribution is 2.23. The van der Waals surface area contributed by atoms with Crippen LogP contribution in [0.5, 0.6) is 5.75 Å². The maximum Gasteiger partial charge on any atom is 0.246 e. The third-order valence-corrected chi connectivity index (χ3v) is 4.86. The molecule has 0 fully saturated rings.